The molecule has 0 aliphatic rings. The zero-order chi connectivity index (χ0) is 17.6. The van der Waals surface area contributed by atoms with Crippen molar-refractivity contribution in [2.24, 2.45) is 0 Å². The van der Waals surface area contributed by atoms with E-state index in [0.717, 1.165) is 10.9 Å². The van der Waals surface area contributed by atoms with Crippen LogP contribution >= 0.6 is 11.8 Å². The van der Waals surface area contributed by atoms with E-state index < -0.39 is 5.82 Å². The molecule has 0 bridgehead atoms. The number of benzene rings is 1. The Kier molecular flexibility index (Phi) is 3.76. The van der Waals surface area contributed by atoms with Crippen molar-refractivity contribution in [1.29, 1.82) is 0 Å². The Bertz CT molecular complexity index is 1110. The Balaban J connectivity index is 2.11. The van der Waals surface area contributed by atoms with Gasteiger partial charge in [0.25, 0.3) is 0 Å². The number of ether oxygens (including phenoxy) is 1. The van der Waals surface area contributed by atoms with Gasteiger partial charge in [0.15, 0.2) is 28.0 Å². The molecule has 0 N–H and O–H groups in total. The molecule has 0 aliphatic carbocycles. The van der Waals surface area contributed by atoms with Gasteiger partial charge in [-0.1, -0.05) is 17.8 Å². The highest BCUT2D eigenvalue weighted by Crippen LogP contribution is 2.35. The quantitative estimate of drug-likeness (QED) is 0.414. The number of nitrogens with zero attached hydrogens (tertiary/aromatic N) is 5. The van der Waals surface area contributed by atoms with E-state index in [4.69, 9.17) is 4.74 Å². The van der Waals surface area contributed by atoms with Crippen molar-refractivity contribution in [2.75, 3.05) is 13.4 Å². The molecule has 0 saturated heterocycles. The number of fused-ring (bicyclic) bond motifs is 3. The highest BCUT2D eigenvalue weighted by atomic mass is 32.2. The molecule has 0 atom stereocenters. The number of hydrogen-bond donors (Lipinski definition) is 0. The molecule has 0 aliphatic heterocycles. The molecular weight excluding hydrogens is 341 g/mol. The number of aryl methyl sites for hydroxylation is 1. The van der Waals surface area contributed by atoms with E-state index in [1.54, 1.807) is 23.0 Å². The first-order valence-electron chi connectivity index (χ1n) is 7.51. The Hall–Kier alpha value is -2.74. The van der Waals surface area contributed by atoms with Gasteiger partial charge in [-0.05, 0) is 30.9 Å². The molecule has 1 aromatic carbocycles. The van der Waals surface area contributed by atoms with Crippen LogP contribution in [-0.4, -0.2) is 37.9 Å². The van der Waals surface area contributed by atoms with Crippen molar-refractivity contribution >= 4 is 28.4 Å². The number of thioether (sulfide) groups is 1. The summed E-state index contributed by atoms with van der Waals surface area (Å²) in [5, 5.41) is 9.59. The monoisotopic (exact) mass is 355 g/mol. The Morgan fingerprint density at radius 3 is 2.84 bits per heavy atom. The highest BCUT2D eigenvalue weighted by Gasteiger charge is 2.19. The number of aromatic nitrogens is 5. The SMILES string of the molecule is COc1ccc(C)c(-c2cc3cnc(SC)nc3n3cnnc23)c1F. The van der Waals surface area contributed by atoms with Crippen LogP contribution < -0.4 is 4.74 Å². The molecule has 0 spiro atoms. The van der Waals surface area contributed by atoms with Gasteiger partial charge in [0.05, 0.1) is 7.11 Å². The second-order valence-electron chi connectivity index (χ2n) is 5.49. The summed E-state index contributed by atoms with van der Waals surface area (Å²) in [7, 11) is 1.45. The predicted octanol–water partition coefficient (Wildman–Crippen LogP) is 3.52. The minimum absolute atomic E-state index is 0.187. The maximum atomic E-state index is 15.0. The Labute approximate surface area is 147 Å². The van der Waals surface area contributed by atoms with Crippen LogP contribution in [0.15, 0.2) is 35.9 Å². The molecule has 4 rings (SSSR count). The molecule has 0 amide bonds. The molecule has 6 nitrogen and oxygen atoms in total. The van der Waals surface area contributed by atoms with E-state index in [-0.39, 0.29) is 5.75 Å². The summed E-state index contributed by atoms with van der Waals surface area (Å²) in [4.78, 5) is 8.83. The van der Waals surface area contributed by atoms with Crippen LogP contribution in [0.25, 0.3) is 27.8 Å². The number of rotatable bonds is 3. The van der Waals surface area contributed by atoms with Crippen molar-refractivity contribution in [1.82, 2.24) is 24.6 Å². The van der Waals surface area contributed by atoms with Gasteiger partial charge in [-0.25, -0.2) is 14.4 Å². The van der Waals surface area contributed by atoms with E-state index in [9.17, 15) is 4.39 Å². The summed E-state index contributed by atoms with van der Waals surface area (Å²) in [5.41, 5.74) is 3.06. The van der Waals surface area contributed by atoms with Gasteiger partial charge in [-0.3, -0.25) is 4.40 Å². The lowest BCUT2D eigenvalue weighted by Gasteiger charge is -2.13. The minimum atomic E-state index is -0.423. The van der Waals surface area contributed by atoms with Crippen molar-refractivity contribution in [2.45, 2.75) is 12.1 Å². The lowest BCUT2D eigenvalue weighted by Crippen LogP contribution is -2.00. The first kappa shape index (κ1) is 15.8. The lowest BCUT2D eigenvalue weighted by molar-refractivity contribution is 0.387. The molecule has 0 unspecified atom stereocenters. The van der Waals surface area contributed by atoms with Crippen LogP contribution in [0, 0.1) is 12.7 Å². The van der Waals surface area contributed by atoms with E-state index >= 15 is 0 Å². The van der Waals surface area contributed by atoms with Crippen LogP contribution in [0.3, 0.4) is 0 Å². The standard InChI is InChI=1S/C17H14FN5OS/c1-9-4-5-12(24-2)14(18)13(9)11-6-10-7-19-17(25-3)21-15(10)23-8-20-22-16(11)23/h4-8H,1-3H3. The van der Waals surface area contributed by atoms with Gasteiger partial charge < -0.3 is 4.74 Å². The van der Waals surface area contributed by atoms with Gasteiger partial charge in [-0.2, -0.15) is 0 Å². The summed E-state index contributed by atoms with van der Waals surface area (Å²) in [6, 6.07) is 5.28. The van der Waals surface area contributed by atoms with E-state index in [1.807, 2.05) is 25.3 Å². The van der Waals surface area contributed by atoms with Crippen molar-refractivity contribution in [3.05, 3.63) is 42.1 Å². The van der Waals surface area contributed by atoms with Crippen LogP contribution in [0.2, 0.25) is 0 Å². The maximum Gasteiger partial charge on any atom is 0.189 e. The van der Waals surface area contributed by atoms with Gasteiger partial charge in [-0.15, -0.1) is 10.2 Å². The molecule has 8 heteroatoms. The van der Waals surface area contributed by atoms with Crippen molar-refractivity contribution < 1.29 is 9.13 Å². The van der Waals surface area contributed by atoms with Crippen LogP contribution in [0.4, 0.5) is 4.39 Å². The summed E-state index contributed by atoms with van der Waals surface area (Å²) in [6.07, 6.45) is 5.21. The second kappa shape index (κ2) is 5.96. The number of halogens is 1. The molecule has 0 radical (unpaired) electrons. The summed E-state index contributed by atoms with van der Waals surface area (Å²) in [6.45, 7) is 1.85. The maximum absolute atomic E-state index is 15.0. The second-order valence-corrected chi connectivity index (χ2v) is 6.27. The van der Waals surface area contributed by atoms with Crippen LogP contribution in [0.1, 0.15) is 5.56 Å². The Morgan fingerprint density at radius 1 is 1.24 bits per heavy atom. The molecule has 3 heterocycles. The zero-order valence-electron chi connectivity index (χ0n) is 13.8. The highest BCUT2D eigenvalue weighted by molar-refractivity contribution is 7.98. The first-order chi connectivity index (χ1) is 12.1. The Morgan fingerprint density at radius 2 is 2.08 bits per heavy atom. The zero-order valence-corrected chi connectivity index (χ0v) is 14.6. The van der Waals surface area contributed by atoms with Crippen molar-refractivity contribution in [3.8, 4) is 16.9 Å². The normalized spacial score (nSPS) is 11.4. The van der Waals surface area contributed by atoms with Crippen LogP contribution in [0.5, 0.6) is 5.75 Å². The van der Waals surface area contributed by atoms with Crippen LogP contribution in [-0.2, 0) is 0 Å². The van der Waals surface area contributed by atoms with Gasteiger partial charge in [0.1, 0.15) is 6.33 Å². The average Bonchev–Trinajstić information content (AvgIpc) is 3.12. The molecule has 126 valence electrons. The number of hydrogen-bond acceptors (Lipinski definition) is 6. The van der Waals surface area contributed by atoms with Gasteiger partial charge in [0.2, 0.25) is 0 Å². The first-order valence-corrected chi connectivity index (χ1v) is 8.73. The third-order valence-electron chi connectivity index (χ3n) is 4.08. The lowest BCUT2D eigenvalue weighted by atomic mass is 9.99. The summed E-state index contributed by atoms with van der Waals surface area (Å²) < 4.78 is 21.8. The molecule has 0 saturated carbocycles. The average molecular weight is 355 g/mol. The third kappa shape index (κ3) is 2.41. The third-order valence-corrected chi connectivity index (χ3v) is 4.64. The molecule has 25 heavy (non-hydrogen) atoms. The molecule has 0 fully saturated rings. The van der Waals surface area contributed by atoms with E-state index in [2.05, 4.69) is 20.2 Å². The fourth-order valence-corrected chi connectivity index (χ4v) is 3.21. The van der Waals surface area contributed by atoms with Crippen molar-refractivity contribution in [3.63, 3.8) is 0 Å². The largest absolute Gasteiger partial charge is 0.494 e. The molecule has 3 aromatic heterocycles. The summed E-state index contributed by atoms with van der Waals surface area (Å²) >= 11 is 1.45. The predicted molar refractivity (Wildman–Crippen MR) is 94.5 cm³/mol. The van der Waals surface area contributed by atoms with E-state index in [0.29, 0.717) is 27.6 Å². The minimum Gasteiger partial charge on any atom is -0.494 e. The number of pyridine rings is 1. The van der Waals surface area contributed by atoms with Gasteiger partial charge >= 0.3 is 0 Å². The topological polar surface area (TPSA) is 65.2 Å². The molecular formula is C17H14FN5OS. The number of methoxy groups -OCH3 is 1. The van der Waals surface area contributed by atoms with Gasteiger partial charge in [0, 0.05) is 22.7 Å². The summed E-state index contributed by atoms with van der Waals surface area (Å²) in [5.74, 6) is -0.235. The smallest absolute Gasteiger partial charge is 0.189 e. The molecule has 4 aromatic rings. The fourth-order valence-electron chi connectivity index (χ4n) is 2.88. The fraction of sp³-hybridized carbons (Fsp3) is 0.176. The van der Waals surface area contributed by atoms with E-state index in [1.165, 1.54) is 18.9 Å².